The van der Waals surface area contributed by atoms with Crippen molar-refractivity contribution in [3.8, 4) is 0 Å². The summed E-state index contributed by atoms with van der Waals surface area (Å²) in [6, 6.07) is 3.44. The number of allylic oxidation sites excluding steroid dienone is 2. The molecule has 9 heteroatoms. The predicted octanol–water partition coefficient (Wildman–Crippen LogP) is 2.96. The second kappa shape index (κ2) is 19.7. The number of carbonyl (C=O) groups is 2. The maximum atomic E-state index is 12.6. The number of unbranched alkanes of at least 4 members (excludes halogenated alkanes) is 8. The summed E-state index contributed by atoms with van der Waals surface area (Å²) in [7, 11) is -5.01. The molecule has 0 amide bonds. The maximum Gasteiger partial charge on any atom is 1.00 e. The topological polar surface area (TPSA) is 110 Å². The molecule has 1 rings (SSSR count). The van der Waals surface area contributed by atoms with Crippen LogP contribution in [0.1, 0.15) is 98.8 Å². The second-order valence-electron chi connectivity index (χ2n) is 7.97. The van der Waals surface area contributed by atoms with E-state index in [0.29, 0.717) is 0 Å². The molecule has 1 aromatic rings. The minimum absolute atomic E-state index is 0. The monoisotopic (exact) mass is 516 g/mol. The Balaban J connectivity index is 0.0000116. The molecular weight excluding hydrogens is 479 g/mol. The van der Waals surface area contributed by atoms with Crippen LogP contribution < -0.4 is 29.6 Å². The quantitative estimate of drug-likeness (QED) is 0.103. The minimum Gasteiger partial charge on any atom is -0.744 e. The molecule has 0 aliphatic heterocycles. The Hall–Kier alpha value is -1.45. The van der Waals surface area contributed by atoms with Crippen LogP contribution in [0.2, 0.25) is 0 Å². The summed E-state index contributed by atoms with van der Waals surface area (Å²) in [6.45, 7) is 4.13. The Morgan fingerprint density at radius 3 is 1.80 bits per heavy atom. The van der Waals surface area contributed by atoms with E-state index in [0.717, 1.165) is 63.9 Å². The third-order valence-electron chi connectivity index (χ3n) is 5.12. The molecule has 0 N–H and O–H groups in total. The Morgan fingerprint density at radius 2 is 1.31 bits per heavy atom. The van der Waals surface area contributed by atoms with Gasteiger partial charge in [0.05, 0.1) is 16.0 Å². The number of carbonyl (C=O) groups excluding carboxylic acids is 2. The Kier molecular flexibility index (Phi) is 18.9. The molecule has 0 radical (unpaired) electrons. The van der Waals surface area contributed by atoms with Crippen molar-refractivity contribution in [1.29, 1.82) is 0 Å². The molecule has 1 aromatic carbocycles. The van der Waals surface area contributed by atoms with Crippen LogP contribution in [0, 0.1) is 0 Å². The molecule has 0 aliphatic rings. The SMILES string of the molecule is CCCCCC/C=C/COC(=O)c1cccc(S(=O)(=O)[O-])c1C(=O)OC/C=C/CCCCCC.[Na+]. The van der Waals surface area contributed by atoms with E-state index in [2.05, 4.69) is 13.8 Å². The first-order valence-corrected chi connectivity index (χ1v) is 13.5. The number of rotatable bonds is 17. The van der Waals surface area contributed by atoms with Crippen LogP contribution in [0.5, 0.6) is 0 Å². The van der Waals surface area contributed by atoms with Crippen molar-refractivity contribution < 1.29 is 61.6 Å². The molecule has 0 unspecified atom stereocenters. The van der Waals surface area contributed by atoms with E-state index in [1.54, 1.807) is 12.2 Å². The average molecular weight is 517 g/mol. The van der Waals surface area contributed by atoms with E-state index in [1.165, 1.54) is 18.6 Å². The van der Waals surface area contributed by atoms with E-state index in [9.17, 15) is 22.6 Å². The van der Waals surface area contributed by atoms with E-state index in [-0.39, 0.29) is 48.3 Å². The normalized spacial score (nSPS) is 11.5. The van der Waals surface area contributed by atoms with Crippen LogP contribution >= 0.6 is 0 Å². The molecule has 190 valence electrons. The first-order chi connectivity index (χ1) is 16.3. The molecule has 0 saturated heterocycles. The van der Waals surface area contributed by atoms with Crippen molar-refractivity contribution in [2.24, 2.45) is 0 Å². The number of ether oxygens (including phenoxy) is 2. The van der Waals surface area contributed by atoms with Crippen LogP contribution in [0.3, 0.4) is 0 Å². The first-order valence-electron chi connectivity index (χ1n) is 12.1. The van der Waals surface area contributed by atoms with Gasteiger partial charge in [0, 0.05) is 0 Å². The minimum atomic E-state index is -5.01. The Morgan fingerprint density at radius 1 is 0.800 bits per heavy atom. The predicted molar refractivity (Wildman–Crippen MR) is 131 cm³/mol. The molecule has 0 bridgehead atoms. The van der Waals surface area contributed by atoms with Gasteiger partial charge in [-0.25, -0.2) is 18.0 Å². The summed E-state index contributed by atoms with van der Waals surface area (Å²) < 4.78 is 45.4. The van der Waals surface area contributed by atoms with Crippen molar-refractivity contribution in [2.45, 2.75) is 83.0 Å². The van der Waals surface area contributed by atoms with Gasteiger partial charge >= 0.3 is 41.5 Å². The van der Waals surface area contributed by atoms with Crippen molar-refractivity contribution >= 4 is 22.1 Å². The third-order valence-corrected chi connectivity index (χ3v) is 6.00. The summed E-state index contributed by atoms with van der Waals surface area (Å²) in [5.41, 5.74) is -0.913. The van der Waals surface area contributed by atoms with Gasteiger partial charge in [-0.2, -0.15) is 0 Å². The van der Waals surface area contributed by atoms with Crippen LogP contribution in [-0.2, 0) is 19.6 Å². The maximum absolute atomic E-state index is 12.6. The molecule has 0 heterocycles. The van der Waals surface area contributed by atoms with Crippen LogP contribution in [0.25, 0.3) is 0 Å². The van der Waals surface area contributed by atoms with Crippen molar-refractivity contribution in [3.63, 3.8) is 0 Å². The van der Waals surface area contributed by atoms with Crippen molar-refractivity contribution in [3.05, 3.63) is 53.6 Å². The molecule has 0 aromatic heterocycles. The van der Waals surface area contributed by atoms with Crippen LogP contribution in [0.4, 0.5) is 0 Å². The third kappa shape index (κ3) is 14.0. The molecule has 35 heavy (non-hydrogen) atoms. The smallest absolute Gasteiger partial charge is 0.744 e. The largest absolute Gasteiger partial charge is 1.00 e. The fourth-order valence-electron chi connectivity index (χ4n) is 3.27. The molecule has 0 spiro atoms. The van der Waals surface area contributed by atoms with Gasteiger partial charge in [-0.15, -0.1) is 0 Å². The summed E-state index contributed by atoms with van der Waals surface area (Å²) in [4.78, 5) is 24.4. The molecule has 0 saturated carbocycles. The van der Waals surface area contributed by atoms with Gasteiger partial charge < -0.3 is 14.0 Å². The van der Waals surface area contributed by atoms with Gasteiger partial charge in [0.2, 0.25) is 0 Å². The Bertz CT molecular complexity index is 924. The molecule has 0 atom stereocenters. The summed E-state index contributed by atoms with van der Waals surface area (Å²) in [5, 5.41) is 0. The number of benzene rings is 1. The molecule has 0 fully saturated rings. The average Bonchev–Trinajstić information content (AvgIpc) is 2.81. The van der Waals surface area contributed by atoms with Crippen LogP contribution in [0.15, 0.2) is 47.4 Å². The summed E-state index contributed by atoms with van der Waals surface area (Å²) in [6.07, 6.45) is 17.8. The first kappa shape index (κ1) is 33.5. The number of esters is 2. The Labute approximate surface area is 232 Å². The second-order valence-corrected chi connectivity index (χ2v) is 9.32. The summed E-state index contributed by atoms with van der Waals surface area (Å²) >= 11 is 0. The van der Waals surface area contributed by atoms with E-state index >= 15 is 0 Å². The fourth-order valence-corrected chi connectivity index (χ4v) is 3.96. The number of hydrogen-bond acceptors (Lipinski definition) is 7. The molecule has 7 nitrogen and oxygen atoms in total. The summed E-state index contributed by atoms with van der Waals surface area (Å²) in [5.74, 6) is -1.97. The van der Waals surface area contributed by atoms with Crippen molar-refractivity contribution in [2.75, 3.05) is 13.2 Å². The zero-order valence-corrected chi connectivity index (χ0v) is 24.1. The van der Waals surface area contributed by atoms with Gasteiger partial charge in [-0.1, -0.05) is 82.7 Å². The fraction of sp³-hybridized carbons (Fsp3) is 0.538. The van der Waals surface area contributed by atoms with Crippen molar-refractivity contribution in [1.82, 2.24) is 0 Å². The van der Waals surface area contributed by atoms with E-state index in [1.807, 2.05) is 12.2 Å². The van der Waals surface area contributed by atoms with E-state index in [4.69, 9.17) is 9.47 Å². The molecule has 0 aliphatic carbocycles. The zero-order valence-electron chi connectivity index (χ0n) is 21.3. The van der Waals surface area contributed by atoms with E-state index < -0.39 is 32.5 Å². The zero-order chi connectivity index (χ0) is 25.2. The molecular formula is C26H37NaO7S. The standard InChI is InChI=1S/C26H38O7S.Na/c1-3-5-7-9-11-13-15-20-32-25(27)22-18-17-19-23(34(29,30)31)24(22)26(28)33-21-16-14-12-10-8-6-4-2;/h13-19H,3-12,20-21H2,1-2H3,(H,29,30,31);/q;+1/p-1/b15-13+,16-14+;. The van der Waals surface area contributed by atoms with Gasteiger partial charge in [-0.3, -0.25) is 0 Å². The van der Waals surface area contributed by atoms with Gasteiger partial charge in [0.25, 0.3) is 0 Å². The number of hydrogen-bond donors (Lipinski definition) is 0. The van der Waals surface area contributed by atoms with Gasteiger partial charge in [0.1, 0.15) is 23.3 Å². The van der Waals surface area contributed by atoms with Gasteiger partial charge in [-0.05, 0) is 37.8 Å². The van der Waals surface area contributed by atoms with Crippen LogP contribution in [-0.4, -0.2) is 38.1 Å². The van der Waals surface area contributed by atoms with Gasteiger partial charge in [0.15, 0.2) is 0 Å².